The third kappa shape index (κ3) is 3.92. The molecule has 8 heteroatoms. The molecule has 170 valence electrons. The van der Waals surface area contributed by atoms with Crippen molar-refractivity contribution < 1.29 is 32.3 Å². The summed E-state index contributed by atoms with van der Waals surface area (Å²) >= 11 is 0. The van der Waals surface area contributed by atoms with Gasteiger partial charge in [-0.05, 0) is 70.8 Å². The minimum atomic E-state index is -4.01. The Balaban J connectivity index is 1.53. The van der Waals surface area contributed by atoms with Crippen LogP contribution in [0.15, 0.2) is 72.8 Å². The van der Waals surface area contributed by atoms with E-state index in [-0.39, 0.29) is 23.7 Å². The molecule has 7 nitrogen and oxygen atoms in total. The summed E-state index contributed by atoms with van der Waals surface area (Å²) in [6, 6.07) is 19.7. The van der Waals surface area contributed by atoms with Crippen molar-refractivity contribution in [3.05, 3.63) is 83.9 Å². The van der Waals surface area contributed by atoms with E-state index < -0.39 is 27.6 Å². The Labute approximate surface area is 191 Å². The van der Waals surface area contributed by atoms with Crippen molar-refractivity contribution in [2.75, 3.05) is 7.11 Å². The zero-order valence-corrected chi connectivity index (χ0v) is 18.5. The van der Waals surface area contributed by atoms with Crippen molar-refractivity contribution in [2.45, 2.75) is 23.9 Å². The highest BCUT2D eigenvalue weighted by Crippen LogP contribution is 2.51. The molecular weight excluding hydrogens is 444 g/mol. The summed E-state index contributed by atoms with van der Waals surface area (Å²) < 4.78 is 43.2. The first-order valence-electron chi connectivity index (χ1n) is 10.4. The maximum Gasteiger partial charge on any atom is 0.315 e. The Hall–Kier alpha value is -3.49. The van der Waals surface area contributed by atoms with Crippen LogP contribution in [-0.2, 0) is 14.9 Å². The molecule has 0 radical (unpaired) electrons. The van der Waals surface area contributed by atoms with Crippen molar-refractivity contribution in [1.29, 1.82) is 0 Å². The molecule has 1 saturated heterocycles. The van der Waals surface area contributed by atoms with Gasteiger partial charge in [0.15, 0.2) is 0 Å². The summed E-state index contributed by atoms with van der Waals surface area (Å²) in [7, 11) is -2.48. The molecule has 0 unspecified atom stereocenters. The number of hydrogen-bond donors (Lipinski definition) is 2. The highest BCUT2D eigenvalue weighted by atomic mass is 32.2. The fraction of sp³-hybridized carbons (Fsp3) is 0.200. The number of rotatable bonds is 6. The minimum absolute atomic E-state index is 0.113. The van der Waals surface area contributed by atoms with E-state index in [4.69, 9.17) is 13.7 Å². The zero-order chi connectivity index (χ0) is 23.2. The second-order valence-electron chi connectivity index (χ2n) is 7.99. The third-order valence-corrected chi connectivity index (χ3v) is 7.60. The molecule has 2 heterocycles. The number of phenols is 2. The van der Waals surface area contributed by atoms with E-state index in [1.807, 2.05) is 0 Å². The fourth-order valence-corrected chi connectivity index (χ4v) is 5.88. The monoisotopic (exact) mass is 466 g/mol. The number of methoxy groups -OCH3 is 1. The average Bonchev–Trinajstić information content (AvgIpc) is 3.40. The Morgan fingerprint density at radius 1 is 0.788 bits per heavy atom. The molecule has 2 bridgehead atoms. The maximum atomic E-state index is 13.2. The molecule has 5 rings (SSSR count). The number of fused-ring (bicyclic) bond motifs is 2. The standard InChI is InChI=1S/C25H22O7S/c1-30-19-10-12-20(13-11-19)32-33(28,29)22-14-21-23(15-2-6-17(26)7-3-15)24(25(22)31-21)16-4-8-18(27)9-5-16/h2-13,21-22,25-27H,14H2,1H3/t21-,22+,25+/m1/s1. The molecule has 0 spiro atoms. The van der Waals surface area contributed by atoms with Crippen LogP contribution in [0.3, 0.4) is 0 Å². The second-order valence-corrected chi connectivity index (χ2v) is 9.75. The van der Waals surface area contributed by atoms with E-state index in [0.717, 1.165) is 22.3 Å². The lowest BCUT2D eigenvalue weighted by Crippen LogP contribution is -2.35. The molecule has 0 aromatic heterocycles. The van der Waals surface area contributed by atoms with Crippen LogP contribution in [0.2, 0.25) is 0 Å². The first-order valence-corrected chi connectivity index (χ1v) is 11.9. The van der Waals surface area contributed by atoms with Gasteiger partial charge in [-0.2, -0.15) is 8.42 Å². The summed E-state index contributed by atoms with van der Waals surface area (Å²) in [5.74, 6) is 1.05. The van der Waals surface area contributed by atoms with Crippen LogP contribution >= 0.6 is 0 Å². The van der Waals surface area contributed by atoms with Gasteiger partial charge in [0, 0.05) is 6.42 Å². The highest BCUT2D eigenvalue weighted by molar-refractivity contribution is 7.87. The number of aromatic hydroxyl groups is 2. The topological polar surface area (TPSA) is 102 Å². The predicted octanol–water partition coefficient (Wildman–Crippen LogP) is 3.97. The van der Waals surface area contributed by atoms with Gasteiger partial charge in [0.25, 0.3) is 0 Å². The van der Waals surface area contributed by atoms with Crippen LogP contribution in [0.1, 0.15) is 17.5 Å². The van der Waals surface area contributed by atoms with Crippen molar-refractivity contribution in [3.8, 4) is 23.0 Å². The zero-order valence-electron chi connectivity index (χ0n) is 17.7. The van der Waals surface area contributed by atoms with Crippen molar-refractivity contribution in [1.82, 2.24) is 0 Å². The van der Waals surface area contributed by atoms with E-state index in [1.54, 1.807) is 72.8 Å². The van der Waals surface area contributed by atoms with Crippen LogP contribution in [0.5, 0.6) is 23.0 Å². The molecule has 2 aliphatic rings. The van der Waals surface area contributed by atoms with Gasteiger partial charge in [-0.1, -0.05) is 24.3 Å². The summed E-state index contributed by atoms with van der Waals surface area (Å²) in [6.45, 7) is 0. The Kier molecular flexibility index (Phi) is 5.26. The van der Waals surface area contributed by atoms with Crippen LogP contribution in [0.4, 0.5) is 0 Å². The molecule has 2 aliphatic heterocycles. The van der Waals surface area contributed by atoms with Crippen molar-refractivity contribution in [2.24, 2.45) is 0 Å². The van der Waals surface area contributed by atoms with E-state index in [9.17, 15) is 18.6 Å². The second kappa shape index (κ2) is 8.13. The molecule has 33 heavy (non-hydrogen) atoms. The summed E-state index contributed by atoms with van der Waals surface area (Å²) in [5.41, 5.74) is 3.22. The maximum absolute atomic E-state index is 13.2. The molecular formula is C25H22O7S. The van der Waals surface area contributed by atoms with Gasteiger partial charge in [0.1, 0.15) is 34.4 Å². The average molecular weight is 467 g/mol. The Morgan fingerprint density at radius 2 is 1.30 bits per heavy atom. The van der Waals surface area contributed by atoms with Crippen molar-refractivity contribution in [3.63, 3.8) is 0 Å². The number of phenolic OH excluding ortho intramolecular Hbond substituents is 2. The lowest BCUT2D eigenvalue weighted by atomic mass is 9.83. The molecule has 0 saturated carbocycles. The smallest absolute Gasteiger partial charge is 0.315 e. The molecule has 0 aliphatic carbocycles. The number of hydrogen-bond acceptors (Lipinski definition) is 7. The van der Waals surface area contributed by atoms with Crippen molar-refractivity contribution >= 4 is 21.3 Å². The first kappa shape index (κ1) is 21.4. The minimum Gasteiger partial charge on any atom is -0.508 e. The molecule has 2 N–H and O–H groups in total. The van der Waals surface area contributed by atoms with Gasteiger partial charge in [-0.15, -0.1) is 0 Å². The Morgan fingerprint density at radius 3 is 1.85 bits per heavy atom. The number of ether oxygens (including phenoxy) is 2. The lowest BCUT2D eigenvalue weighted by molar-refractivity contribution is 0.128. The SMILES string of the molecule is COc1ccc(OS(=O)(=O)[C@H]2C[C@H]3O[C@@H]2C(c2ccc(O)cc2)=C3c2ccc(O)cc2)cc1. The molecule has 3 aromatic carbocycles. The van der Waals surface area contributed by atoms with Crippen LogP contribution in [-0.4, -0.2) is 43.2 Å². The van der Waals surface area contributed by atoms with Gasteiger partial charge < -0.3 is 23.9 Å². The van der Waals surface area contributed by atoms with Crippen LogP contribution < -0.4 is 8.92 Å². The summed E-state index contributed by atoms with van der Waals surface area (Å²) in [4.78, 5) is 0. The molecule has 1 fully saturated rings. The normalized spacial score (nSPS) is 21.9. The van der Waals surface area contributed by atoms with E-state index in [2.05, 4.69) is 0 Å². The van der Waals surface area contributed by atoms with Gasteiger partial charge in [-0.3, -0.25) is 0 Å². The van der Waals surface area contributed by atoms with Crippen LogP contribution in [0.25, 0.3) is 11.1 Å². The van der Waals surface area contributed by atoms with Gasteiger partial charge in [0.2, 0.25) is 0 Å². The third-order valence-electron chi connectivity index (χ3n) is 5.99. The summed E-state index contributed by atoms with van der Waals surface area (Å²) in [6.07, 6.45) is -0.921. The summed E-state index contributed by atoms with van der Waals surface area (Å²) in [5, 5.41) is 18.5. The van der Waals surface area contributed by atoms with E-state index >= 15 is 0 Å². The predicted molar refractivity (Wildman–Crippen MR) is 123 cm³/mol. The van der Waals surface area contributed by atoms with E-state index in [1.165, 1.54) is 7.11 Å². The van der Waals surface area contributed by atoms with Gasteiger partial charge in [-0.25, -0.2) is 0 Å². The van der Waals surface area contributed by atoms with Crippen LogP contribution in [0, 0.1) is 0 Å². The number of benzene rings is 3. The quantitative estimate of drug-likeness (QED) is 0.530. The first-order chi connectivity index (χ1) is 15.9. The van der Waals surface area contributed by atoms with E-state index in [0.29, 0.717) is 5.75 Å². The molecule has 3 aromatic rings. The molecule has 3 atom stereocenters. The van der Waals surface area contributed by atoms with Gasteiger partial charge in [0.05, 0.1) is 13.2 Å². The largest absolute Gasteiger partial charge is 0.508 e. The highest BCUT2D eigenvalue weighted by Gasteiger charge is 2.53. The molecule has 0 amide bonds. The van der Waals surface area contributed by atoms with Gasteiger partial charge >= 0.3 is 10.1 Å². The fourth-order valence-electron chi connectivity index (χ4n) is 4.46. The Bertz CT molecular complexity index is 1290. The lowest BCUT2D eigenvalue weighted by Gasteiger charge is -2.24.